The highest BCUT2D eigenvalue weighted by molar-refractivity contribution is 5.95. The number of hydrogen-bond acceptors (Lipinski definition) is 2. The second-order valence-electron chi connectivity index (χ2n) is 6.17. The molecule has 0 bridgehead atoms. The quantitative estimate of drug-likeness (QED) is 0.819. The number of nitrogens with two attached hydrogens (primary N) is 1. The molecular weight excluding hydrogens is 260 g/mol. The fraction of sp³-hybridized carbons (Fsp3) is 0.500. The van der Waals surface area contributed by atoms with Crippen molar-refractivity contribution in [2.75, 3.05) is 11.9 Å². The van der Waals surface area contributed by atoms with Gasteiger partial charge in [-0.25, -0.2) is 0 Å². The van der Waals surface area contributed by atoms with Gasteiger partial charge in [0.05, 0.1) is 6.54 Å². The molecule has 1 aromatic rings. The summed E-state index contributed by atoms with van der Waals surface area (Å²) in [6.07, 6.45) is 5.48. The molecule has 0 heterocycles. The molecule has 0 aliphatic heterocycles. The summed E-state index contributed by atoms with van der Waals surface area (Å²) in [4.78, 5) is 12.6. The lowest BCUT2D eigenvalue weighted by Gasteiger charge is -2.32. The third kappa shape index (κ3) is 4.09. The van der Waals surface area contributed by atoms with E-state index in [-0.39, 0.29) is 11.3 Å². The van der Waals surface area contributed by atoms with Gasteiger partial charge in [-0.15, -0.1) is 0 Å². The van der Waals surface area contributed by atoms with Crippen molar-refractivity contribution in [1.29, 1.82) is 0 Å². The summed E-state index contributed by atoms with van der Waals surface area (Å²) < 4.78 is 0. The first-order valence-electron chi connectivity index (χ1n) is 7.66. The largest absolute Gasteiger partial charge is 0.326 e. The topological polar surface area (TPSA) is 55.1 Å². The molecule has 0 aromatic heterocycles. The van der Waals surface area contributed by atoms with Crippen LogP contribution in [0.2, 0.25) is 0 Å². The van der Waals surface area contributed by atoms with E-state index in [1.807, 2.05) is 25.1 Å². The number of aryl methyl sites for hydroxylation is 1. The van der Waals surface area contributed by atoms with Gasteiger partial charge in [0, 0.05) is 16.7 Å². The Balaban J connectivity index is 2.15. The predicted molar refractivity (Wildman–Crippen MR) is 86.9 cm³/mol. The van der Waals surface area contributed by atoms with Crippen molar-refractivity contribution < 1.29 is 4.79 Å². The third-order valence-corrected chi connectivity index (χ3v) is 4.18. The summed E-state index contributed by atoms with van der Waals surface area (Å²) in [5.74, 6) is 6.00. The molecule has 1 aromatic carbocycles. The first kappa shape index (κ1) is 15.6. The van der Waals surface area contributed by atoms with Crippen molar-refractivity contribution in [1.82, 2.24) is 0 Å². The maximum Gasteiger partial charge on any atom is 0.230 e. The van der Waals surface area contributed by atoms with Gasteiger partial charge in [0.25, 0.3) is 0 Å². The second kappa shape index (κ2) is 6.78. The summed E-state index contributed by atoms with van der Waals surface area (Å²) in [5, 5.41) is 3.07. The maximum atomic E-state index is 12.6. The minimum absolute atomic E-state index is 0.130. The van der Waals surface area contributed by atoms with E-state index >= 15 is 0 Å². The smallest absolute Gasteiger partial charge is 0.230 e. The molecule has 0 radical (unpaired) electrons. The summed E-state index contributed by atoms with van der Waals surface area (Å²) in [6.45, 7) is 4.42. The third-order valence-electron chi connectivity index (χ3n) is 4.18. The van der Waals surface area contributed by atoms with Crippen molar-refractivity contribution in [3.63, 3.8) is 0 Å². The normalized spacial score (nSPS) is 16.7. The van der Waals surface area contributed by atoms with Crippen LogP contribution in [0.4, 0.5) is 5.69 Å². The lowest BCUT2D eigenvalue weighted by molar-refractivity contribution is -0.126. The molecule has 3 heteroatoms. The van der Waals surface area contributed by atoms with Crippen LogP contribution in [0.1, 0.15) is 50.2 Å². The van der Waals surface area contributed by atoms with Crippen LogP contribution in [0.25, 0.3) is 0 Å². The highest BCUT2D eigenvalue weighted by Crippen LogP contribution is 2.36. The number of anilines is 1. The molecule has 3 nitrogen and oxygen atoms in total. The molecule has 1 aliphatic rings. The maximum absolute atomic E-state index is 12.6. The fourth-order valence-electron chi connectivity index (χ4n) is 2.92. The minimum atomic E-state index is -0.231. The van der Waals surface area contributed by atoms with Gasteiger partial charge in [-0.05, 0) is 43.5 Å². The zero-order valence-corrected chi connectivity index (χ0v) is 13.0. The summed E-state index contributed by atoms with van der Waals surface area (Å²) in [6, 6.07) is 5.90. The molecule has 0 saturated heterocycles. The highest BCUT2D eigenvalue weighted by atomic mass is 16.2. The molecule has 0 atom stereocenters. The molecule has 1 saturated carbocycles. The van der Waals surface area contributed by atoms with Crippen LogP contribution in [0.5, 0.6) is 0 Å². The summed E-state index contributed by atoms with van der Waals surface area (Å²) in [5.41, 5.74) is 7.98. The van der Waals surface area contributed by atoms with Crippen LogP contribution in [-0.2, 0) is 4.79 Å². The number of carbonyl (C=O) groups is 1. The number of benzene rings is 1. The van der Waals surface area contributed by atoms with Gasteiger partial charge in [-0.1, -0.05) is 38.0 Å². The van der Waals surface area contributed by atoms with Gasteiger partial charge in [0.15, 0.2) is 0 Å². The summed E-state index contributed by atoms with van der Waals surface area (Å²) >= 11 is 0. The van der Waals surface area contributed by atoms with Crippen molar-refractivity contribution >= 4 is 11.6 Å². The lowest BCUT2D eigenvalue weighted by Crippen LogP contribution is -2.35. The van der Waals surface area contributed by atoms with E-state index in [1.165, 1.54) is 6.42 Å². The highest BCUT2D eigenvalue weighted by Gasteiger charge is 2.34. The van der Waals surface area contributed by atoms with Crippen LogP contribution in [-0.4, -0.2) is 12.5 Å². The predicted octanol–water partition coefficient (Wildman–Crippen LogP) is 3.21. The van der Waals surface area contributed by atoms with Crippen LogP contribution >= 0.6 is 0 Å². The van der Waals surface area contributed by atoms with Crippen molar-refractivity contribution in [2.45, 2.75) is 46.0 Å². The molecule has 1 amide bonds. The van der Waals surface area contributed by atoms with Gasteiger partial charge in [0.2, 0.25) is 5.91 Å². The Bertz CT molecular complexity index is 575. The Kier molecular flexibility index (Phi) is 5.03. The first-order chi connectivity index (χ1) is 10.0. The molecule has 3 N–H and O–H groups in total. The molecule has 1 fully saturated rings. The zero-order chi connectivity index (χ0) is 15.3. The standard InChI is InChI=1S/C18H24N2O/c1-14-11-15(7-6-10-19)13-16(12-14)20-17(21)18(2)8-4-3-5-9-18/h11-13H,3-5,8-10,19H2,1-2H3,(H,20,21). The van der Waals surface area contributed by atoms with E-state index in [9.17, 15) is 4.79 Å². The second-order valence-corrected chi connectivity index (χ2v) is 6.17. The van der Waals surface area contributed by atoms with Gasteiger partial charge >= 0.3 is 0 Å². The Morgan fingerprint density at radius 1 is 1.29 bits per heavy atom. The van der Waals surface area contributed by atoms with Gasteiger partial charge in [-0.3, -0.25) is 4.79 Å². The Hall–Kier alpha value is -1.79. The molecule has 21 heavy (non-hydrogen) atoms. The van der Waals surface area contributed by atoms with E-state index in [0.717, 1.165) is 42.5 Å². The Morgan fingerprint density at radius 3 is 2.67 bits per heavy atom. The molecule has 0 unspecified atom stereocenters. The Morgan fingerprint density at radius 2 is 2.00 bits per heavy atom. The van der Waals surface area contributed by atoms with Crippen LogP contribution in [0.15, 0.2) is 18.2 Å². The van der Waals surface area contributed by atoms with E-state index in [0.29, 0.717) is 6.54 Å². The van der Waals surface area contributed by atoms with Gasteiger partial charge < -0.3 is 11.1 Å². The molecule has 1 aliphatic carbocycles. The number of carbonyl (C=O) groups excluding carboxylic acids is 1. The molecular formula is C18H24N2O. The number of amides is 1. The molecule has 0 spiro atoms. The van der Waals surface area contributed by atoms with Gasteiger partial charge in [0.1, 0.15) is 0 Å². The van der Waals surface area contributed by atoms with Gasteiger partial charge in [-0.2, -0.15) is 0 Å². The zero-order valence-electron chi connectivity index (χ0n) is 13.0. The number of hydrogen-bond donors (Lipinski definition) is 2. The van der Waals surface area contributed by atoms with Crippen molar-refractivity contribution in [3.05, 3.63) is 29.3 Å². The van der Waals surface area contributed by atoms with Crippen molar-refractivity contribution in [3.8, 4) is 11.8 Å². The average Bonchev–Trinajstić information content (AvgIpc) is 2.45. The van der Waals surface area contributed by atoms with E-state index in [4.69, 9.17) is 5.73 Å². The monoisotopic (exact) mass is 284 g/mol. The van der Waals surface area contributed by atoms with E-state index in [2.05, 4.69) is 24.1 Å². The molecule has 112 valence electrons. The minimum Gasteiger partial charge on any atom is -0.326 e. The SMILES string of the molecule is Cc1cc(C#CCN)cc(NC(=O)C2(C)CCCCC2)c1. The summed E-state index contributed by atoms with van der Waals surface area (Å²) in [7, 11) is 0. The van der Waals surface area contributed by atoms with Crippen LogP contribution in [0.3, 0.4) is 0 Å². The lowest BCUT2D eigenvalue weighted by atomic mass is 9.75. The fourth-order valence-corrected chi connectivity index (χ4v) is 2.92. The first-order valence-corrected chi connectivity index (χ1v) is 7.66. The van der Waals surface area contributed by atoms with E-state index < -0.39 is 0 Å². The Labute approximate surface area is 127 Å². The van der Waals surface area contributed by atoms with Crippen LogP contribution < -0.4 is 11.1 Å². The van der Waals surface area contributed by atoms with E-state index in [1.54, 1.807) is 0 Å². The number of nitrogens with one attached hydrogen (secondary N) is 1. The molecule has 2 rings (SSSR count). The number of rotatable bonds is 2. The van der Waals surface area contributed by atoms with Crippen LogP contribution in [0, 0.1) is 24.2 Å². The van der Waals surface area contributed by atoms with Crippen molar-refractivity contribution in [2.24, 2.45) is 11.1 Å². The average molecular weight is 284 g/mol.